The zero-order chi connectivity index (χ0) is 14.9. The lowest BCUT2D eigenvalue weighted by Crippen LogP contribution is -1.96. The Hall–Kier alpha value is 0.350. The Labute approximate surface area is 128 Å². The molecule has 0 rings (SSSR count). The van der Waals surface area contributed by atoms with Crippen molar-refractivity contribution in [3.63, 3.8) is 0 Å². The van der Waals surface area contributed by atoms with E-state index in [1.165, 1.54) is 76.3 Å². The first kappa shape index (κ1) is 20.3. The third-order valence-corrected chi connectivity index (χ3v) is 6.78. The van der Waals surface area contributed by atoms with E-state index in [0.717, 1.165) is 12.8 Å². The van der Waals surface area contributed by atoms with Gasteiger partial charge in [0, 0.05) is 13.2 Å². The van der Waals surface area contributed by atoms with Crippen molar-refractivity contribution in [1.29, 1.82) is 0 Å². The monoisotopic (exact) mass is 304 g/mol. The molecule has 0 spiro atoms. The molecule has 0 fully saturated rings. The van der Waals surface area contributed by atoms with Crippen LogP contribution in [0.5, 0.6) is 0 Å². The lowest BCUT2D eigenvalue weighted by atomic mass is 10.2. The van der Waals surface area contributed by atoms with Crippen LogP contribution in [-0.4, -0.2) is 41.9 Å². The third-order valence-electron chi connectivity index (χ3n) is 3.80. The van der Waals surface area contributed by atoms with Crippen LogP contribution in [0.15, 0.2) is 0 Å². The summed E-state index contributed by atoms with van der Waals surface area (Å²) in [5.74, 6) is 0. The summed E-state index contributed by atoms with van der Waals surface area (Å²) >= 11 is 0. The van der Waals surface area contributed by atoms with Crippen LogP contribution in [0.4, 0.5) is 0 Å². The Morgan fingerprint density at radius 3 is 1.35 bits per heavy atom. The third kappa shape index (κ3) is 14.8. The first-order chi connectivity index (χ1) is 9.85. The molecule has 0 unspecified atom stereocenters. The first-order valence-electron chi connectivity index (χ1n) is 8.79. The molecule has 0 bridgehead atoms. The van der Waals surface area contributed by atoms with Crippen molar-refractivity contribution in [2.75, 3.05) is 31.7 Å². The Balaban J connectivity index is 3.45. The van der Waals surface area contributed by atoms with E-state index in [4.69, 9.17) is 10.2 Å². The van der Waals surface area contributed by atoms with E-state index in [1.807, 2.05) is 0 Å². The van der Waals surface area contributed by atoms with Crippen molar-refractivity contribution in [2.24, 2.45) is 0 Å². The molecule has 0 saturated heterocycles. The van der Waals surface area contributed by atoms with Crippen molar-refractivity contribution in [3.8, 4) is 0 Å². The number of unbranched alkanes of at least 4 members (excludes halogenated alkanes) is 8. The molecule has 122 valence electrons. The minimum absolute atomic E-state index is 0.291. The summed E-state index contributed by atoms with van der Waals surface area (Å²) in [6, 6.07) is 0. The van der Waals surface area contributed by atoms with Gasteiger partial charge in [0.15, 0.2) is 0 Å². The first-order valence-corrected chi connectivity index (χ1v) is 10.7. The minimum Gasteiger partial charge on any atom is -0.396 e. The van der Waals surface area contributed by atoms with Gasteiger partial charge in [-0.05, 0) is 44.2 Å². The van der Waals surface area contributed by atoms with Crippen LogP contribution in [0.3, 0.4) is 0 Å². The predicted octanol–water partition coefficient (Wildman–Crippen LogP) is 4.76. The molecule has 0 radical (unpaired) electrons. The quantitative estimate of drug-likeness (QED) is 0.319. The van der Waals surface area contributed by atoms with Gasteiger partial charge in [-0.1, -0.05) is 51.9 Å². The molecule has 2 N–H and O–H groups in total. The summed E-state index contributed by atoms with van der Waals surface area (Å²) in [5.41, 5.74) is 0. The van der Waals surface area contributed by atoms with Gasteiger partial charge >= 0.3 is 0 Å². The van der Waals surface area contributed by atoms with Crippen molar-refractivity contribution in [3.05, 3.63) is 0 Å². The van der Waals surface area contributed by atoms with E-state index in [2.05, 4.69) is 6.92 Å². The summed E-state index contributed by atoms with van der Waals surface area (Å²) in [4.78, 5) is 0. The molecule has 0 aromatic rings. The van der Waals surface area contributed by atoms with E-state index >= 15 is 0 Å². The van der Waals surface area contributed by atoms with Gasteiger partial charge in [-0.3, -0.25) is 0 Å². The average molecular weight is 304 g/mol. The number of hydrogen-bond acceptors (Lipinski definition) is 2. The van der Waals surface area contributed by atoms with E-state index < -0.39 is 0 Å². The molecule has 0 aliphatic carbocycles. The summed E-state index contributed by atoms with van der Waals surface area (Å²) in [5, 5.41) is 17.5. The Kier molecular flexibility index (Phi) is 17.7. The molecule has 0 aliphatic rings. The fourth-order valence-corrected chi connectivity index (χ4v) is 5.25. The van der Waals surface area contributed by atoms with E-state index in [1.54, 1.807) is 0 Å². The number of rotatable bonds is 16. The SMILES string of the molecule is CCCP(CCCCCCCO)CCCCCCCO. The molecule has 0 amide bonds. The molecule has 2 nitrogen and oxygen atoms in total. The summed E-state index contributed by atoms with van der Waals surface area (Å²) in [6.07, 6.45) is 18.3. The highest BCUT2D eigenvalue weighted by Gasteiger charge is 2.06. The van der Waals surface area contributed by atoms with Gasteiger partial charge in [0.25, 0.3) is 0 Å². The molecular weight excluding hydrogens is 267 g/mol. The lowest BCUT2D eigenvalue weighted by molar-refractivity contribution is 0.282. The second kappa shape index (κ2) is 17.4. The summed E-state index contributed by atoms with van der Waals surface area (Å²) < 4.78 is 0. The largest absolute Gasteiger partial charge is 0.396 e. The molecule has 0 heterocycles. The van der Waals surface area contributed by atoms with Crippen LogP contribution in [0, 0.1) is 0 Å². The van der Waals surface area contributed by atoms with Crippen LogP contribution < -0.4 is 0 Å². The number of aliphatic hydroxyl groups is 2. The van der Waals surface area contributed by atoms with E-state index in [0.29, 0.717) is 21.1 Å². The Bertz CT molecular complexity index is 160. The van der Waals surface area contributed by atoms with Gasteiger partial charge in [-0.25, -0.2) is 0 Å². The summed E-state index contributed by atoms with van der Waals surface area (Å²) in [7, 11) is 0.291. The van der Waals surface area contributed by atoms with Gasteiger partial charge in [-0.15, -0.1) is 7.92 Å². The van der Waals surface area contributed by atoms with Crippen molar-refractivity contribution >= 4 is 7.92 Å². The Morgan fingerprint density at radius 1 is 0.550 bits per heavy atom. The molecule has 20 heavy (non-hydrogen) atoms. The van der Waals surface area contributed by atoms with Gasteiger partial charge < -0.3 is 10.2 Å². The topological polar surface area (TPSA) is 40.5 Å². The molecule has 0 aromatic carbocycles. The molecule has 0 aliphatic heterocycles. The van der Waals surface area contributed by atoms with Crippen LogP contribution in [-0.2, 0) is 0 Å². The molecular formula is C17H37O2P. The van der Waals surface area contributed by atoms with Crippen LogP contribution in [0.1, 0.15) is 77.6 Å². The molecule has 3 heteroatoms. The fraction of sp³-hybridized carbons (Fsp3) is 1.00. The number of hydrogen-bond donors (Lipinski definition) is 2. The van der Waals surface area contributed by atoms with Gasteiger partial charge in [0.1, 0.15) is 0 Å². The lowest BCUT2D eigenvalue weighted by Gasteiger charge is -2.17. The summed E-state index contributed by atoms with van der Waals surface area (Å²) in [6.45, 7) is 3.04. The second-order valence-electron chi connectivity index (χ2n) is 5.82. The minimum atomic E-state index is 0.291. The molecule has 0 atom stereocenters. The normalized spacial score (nSPS) is 11.4. The van der Waals surface area contributed by atoms with Gasteiger partial charge in [0.05, 0.1) is 0 Å². The highest BCUT2D eigenvalue weighted by Crippen LogP contribution is 2.38. The zero-order valence-electron chi connectivity index (χ0n) is 13.7. The maximum absolute atomic E-state index is 8.74. The highest BCUT2D eigenvalue weighted by atomic mass is 31.1. The smallest absolute Gasteiger partial charge is 0.0431 e. The fourth-order valence-electron chi connectivity index (χ4n) is 2.61. The highest BCUT2D eigenvalue weighted by molar-refractivity contribution is 7.57. The zero-order valence-corrected chi connectivity index (χ0v) is 14.5. The van der Waals surface area contributed by atoms with Crippen molar-refractivity contribution in [2.45, 2.75) is 77.6 Å². The van der Waals surface area contributed by atoms with E-state index in [-0.39, 0.29) is 0 Å². The molecule has 0 saturated carbocycles. The number of aliphatic hydroxyl groups excluding tert-OH is 2. The van der Waals surface area contributed by atoms with Crippen molar-refractivity contribution in [1.82, 2.24) is 0 Å². The van der Waals surface area contributed by atoms with Crippen LogP contribution in [0.25, 0.3) is 0 Å². The maximum atomic E-state index is 8.74. The second-order valence-corrected chi connectivity index (χ2v) is 8.51. The van der Waals surface area contributed by atoms with Crippen molar-refractivity contribution < 1.29 is 10.2 Å². The predicted molar refractivity (Wildman–Crippen MR) is 92.2 cm³/mol. The maximum Gasteiger partial charge on any atom is 0.0431 e. The van der Waals surface area contributed by atoms with Gasteiger partial charge in [0.2, 0.25) is 0 Å². The standard InChI is InChI=1S/C17H37O2P/c1-2-15-20(16-11-7-3-5-9-13-18)17-12-8-4-6-10-14-19/h18-19H,2-17H2,1H3. The Morgan fingerprint density at radius 2 is 0.950 bits per heavy atom. The van der Waals surface area contributed by atoms with E-state index in [9.17, 15) is 0 Å². The molecule has 0 aromatic heterocycles. The van der Waals surface area contributed by atoms with Crippen LogP contribution >= 0.6 is 7.92 Å². The van der Waals surface area contributed by atoms with Gasteiger partial charge in [-0.2, -0.15) is 0 Å². The van der Waals surface area contributed by atoms with Crippen LogP contribution in [0.2, 0.25) is 0 Å². The average Bonchev–Trinajstić information content (AvgIpc) is 2.46.